The summed E-state index contributed by atoms with van der Waals surface area (Å²) >= 11 is 0. The third-order valence-electron chi connectivity index (χ3n) is 2.78. The zero-order valence-electron chi connectivity index (χ0n) is 10.9. The van der Waals surface area contributed by atoms with Crippen LogP contribution in [0.3, 0.4) is 0 Å². The average molecular weight is 276 g/mol. The lowest BCUT2D eigenvalue weighted by Crippen LogP contribution is -2.41. The van der Waals surface area contributed by atoms with E-state index < -0.39 is 14.6 Å². The van der Waals surface area contributed by atoms with E-state index >= 15 is 0 Å². The monoisotopic (exact) mass is 276 g/mol. The zero-order valence-corrected chi connectivity index (χ0v) is 11.7. The zero-order chi connectivity index (χ0) is 13.8. The second kappa shape index (κ2) is 5.77. The molecule has 0 aliphatic carbocycles. The molecule has 1 aromatic heterocycles. The Morgan fingerprint density at radius 2 is 2.17 bits per heavy atom. The molecule has 0 amide bonds. The maximum absolute atomic E-state index is 11.5. The number of nitrogens with one attached hydrogen (secondary N) is 1. The topological polar surface area (TPSA) is 97.1 Å². The number of aliphatic hydroxyl groups is 1. The van der Waals surface area contributed by atoms with E-state index in [9.17, 15) is 8.42 Å². The van der Waals surface area contributed by atoms with Crippen LogP contribution in [0.15, 0.2) is 6.20 Å². The molecule has 0 atom stereocenters. The molecular formula is C10H20N4O3S. The third-order valence-corrected chi connectivity index (χ3v) is 4.93. The minimum Gasteiger partial charge on any atom is -0.394 e. The van der Waals surface area contributed by atoms with Crippen LogP contribution in [-0.2, 0) is 22.9 Å². The van der Waals surface area contributed by atoms with E-state index in [1.807, 2.05) is 0 Å². The van der Waals surface area contributed by atoms with Crippen molar-refractivity contribution in [3.63, 3.8) is 0 Å². The summed E-state index contributed by atoms with van der Waals surface area (Å²) in [6.45, 7) is 4.57. The van der Waals surface area contributed by atoms with Gasteiger partial charge in [-0.2, -0.15) is 0 Å². The van der Waals surface area contributed by atoms with Crippen molar-refractivity contribution < 1.29 is 13.5 Å². The molecule has 0 aliphatic heterocycles. The largest absolute Gasteiger partial charge is 0.394 e. The molecule has 0 spiro atoms. The van der Waals surface area contributed by atoms with Crippen LogP contribution >= 0.6 is 0 Å². The lowest BCUT2D eigenvalue weighted by molar-refractivity contribution is 0.268. The third kappa shape index (κ3) is 4.04. The molecule has 1 aromatic rings. The summed E-state index contributed by atoms with van der Waals surface area (Å²) in [5.74, 6) is 0. The first-order chi connectivity index (χ1) is 8.26. The van der Waals surface area contributed by atoms with Crippen LogP contribution in [0.5, 0.6) is 0 Å². The summed E-state index contributed by atoms with van der Waals surface area (Å²) in [7, 11) is -3.10. The van der Waals surface area contributed by atoms with Crippen molar-refractivity contribution in [1.29, 1.82) is 0 Å². The quantitative estimate of drug-likeness (QED) is 0.675. The van der Waals surface area contributed by atoms with Gasteiger partial charge in [-0.1, -0.05) is 5.21 Å². The fraction of sp³-hybridized carbons (Fsp3) is 0.800. The van der Waals surface area contributed by atoms with Crippen molar-refractivity contribution in [2.45, 2.75) is 31.7 Å². The van der Waals surface area contributed by atoms with Gasteiger partial charge >= 0.3 is 0 Å². The Morgan fingerprint density at radius 1 is 1.50 bits per heavy atom. The molecule has 0 unspecified atom stereocenters. The number of rotatable bonds is 7. The van der Waals surface area contributed by atoms with Crippen LogP contribution in [0.4, 0.5) is 0 Å². The Hall–Kier alpha value is -0.990. The molecule has 0 bridgehead atoms. The second-order valence-electron chi connectivity index (χ2n) is 4.83. The Bertz CT molecular complexity index is 481. The average Bonchev–Trinajstić information content (AvgIpc) is 2.64. The van der Waals surface area contributed by atoms with Gasteiger partial charge in [-0.05, 0) is 13.8 Å². The highest BCUT2D eigenvalue weighted by Crippen LogP contribution is 2.13. The van der Waals surface area contributed by atoms with Crippen LogP contribution < -0.4 is 5.32 Å². The lowest BCUT2D eigenvalue weighted by atomic mass is 10.2. The maximum Gasteiger partial charge on any atom is 0.153 e. The molecule has 2 N–H and O–H groups in total. The van der Waals surface area contributed by atoms with Crippen molar-refractivity contribution in [1.82, 2.24) is 20.3 Å². The fourth-order valence-electron chi connectivity index (χ4n) is 1.25. The predicted molar refractivity (Wildman–Crippen MR) is 67.7 cm³/mol. The first-order valence-electron chi connectivity index (χ1n) is 5.66. The van der Waals surface area contributed by atoms with Gasteiger partial charge < -0.3 is 10.4 Å². The van der Waals surface area contributed by atoms with Gasteiger partial charge in [0, 0.05) is 25.5 Å². The van der Waals surface area contributed by atoms with Crippen LogP contribution in [-0.4, -0.2) is 52.7 Å². The lowest BCUT2D eigenvalue weighted by Gasteiger charge is -2.22. The first kappa shape index (κ1) is 15.1. The maximum atomic E-state index is 11.5. The summed E-state index contributed by atoms with van der Waals surface area (Å²) < 4.78 is 23.7. The van der Waals surface area contributed by atoms with Crippen molar-refractivity contribution in [3.05, 3.63) is 11.9 Å². The molecular weight excluding hydrogens is 256 g/mol. The van der Waals surface area contributed by atoms with E-state index in [4.69, 9.17) is 5.11 Å². The van der Waals surface area contributed by atoms with Crippen molar-refractivity contribution in [2.75, 3.05) is 19.4 Å². The molecule has 0 saturated heterocycles. The van der Waals surface area contributed by atoms with Crippen LogP contribution in [0.2, 0.25) is 0 Å². The normalized spacial score (nSPS) is 12.9. The second-order valence-corrected chi connectivity index (χ2v) is 7.48. The Kier molecular flexibility index (Phi) is 4.83. The van der Waals surface area contributed by atoms with E-state index in [-0.39, 0.29) is 6.61 Å². The number of hydrogen-bond acceptors (Lipinski definition) is 6. The highest BCUT2D eigenvalue weighted by atomic mass is 32.2. The van der Waals surface area contributed by atoms with E-state index in [1.54, 1.807) is 24.7 Å². The highest BCUT2D eigenvalue weighted by molar-refractivity contribution is 7.92. The van der Waals surface area contributed by atoms with Crippen molar-refractivity contribution in [2.24, 2.45) is 0 Å². The van der Waals surface area contributed by atoms with Gasteiger partial charge in [-0.3, -0.25) is 0 Å². The van der Waals surface area contributed by atoms with Gasteiger partial charge in [-0.25, -0.2) is 13.1 Å². The highest BCUT2D eigenvalue weighted by Gasteiger charge is 2.29. The number of aliphatic hydroxyl groups excluding tert-OH is 1. The standard InChI is InChI=1S/C10H20N4O3S/c1-10(2,18(3,16)17)8-11-6-9-7-14(4-5-15)13-12-9/h7,11,15H,4-6,8H2,1-3H3. The summed E-state index contributed by atoms with van der Waals surface area (Å²) in [6.07, 6.45) is 2.95. The van der Waals surface area contributed by atoms with E-state index in [2.05, 4.69) is 15.6 Å². The summed E-state index contributed by atoms with van der Waals surface area (Å²) in [6, 6.07) is 0. The molecule has 0 saturated carbocycles. The van der Waals surface area contributed by atoms with Gasteiger partial charge in [0.1, 0.15) is 0 Å². The SMILES string of the molecule is CC(C)(CNCc1cn(CCO)nn1)S(C)(=O)=O. The Morgan fingerprint density at radius 3 is 2.72 bits per heavy atom. The molecule has 104 valence electrons. The summed E-state index contributed by atoms with van der Waals surface area (Å²) in [5, 5.41) is 19.5. The molecule has 1 heterocycles. The molecule has 7 nitrogen and oxygen atoms in total. The number of aromatic nitrogens is 3. The predicted octanol–water partition coefficient (Wildman–Crippen LogP) is -0.817. The Labute approximate surface area is 107 Å². The molecule has 0 fully saturated rings. The molecule has 0 aromatic carbocycles. The van der Waals surface area contributed by atoms with Crippen molar-refractivity contribution in [3.8, 4) is 0 Å². The molecule has 0 radical (unpaired) electrons. The van der Waals surface area contributed by atoms with Crippen LogP contribution in [0.25, 0.3) is 0 Å². The molecule has 8 heteroatoms. The van der Waals surface area contributed by atoms with E-state index in [0.717, 1.165) is 0 Å². The van der Waals surface area contributed by atoms with Gasteiger partial charge in [0.05, 0.1) is 23.6 Å². The smallest absolute Gasteiger partial charge is 0.153 e. The van der Waals surface area contributed by atoms with Crippen LogP contribution in [0, 0.1) is 0 Å². The molecule has 0 aliphatic rings. The minimum absolute atomic E-state index is 0.0112. The van der Waals surface area contributed by atoms with Crippen LogP contribution in [0.1, 0.15) is 19.5 Å². The number of hydrogen-bond donors (Lipinski definition) is 2. The molecule has 1 rings (SSSR count). The van der Waals surface area contributed by atoms with Crippen molar-refractivity contribution >= 4 is 9.84 Å². The number of nitrogens with zero attached hydrogens (tertiary/aromatic N) is 3. The summed E-state index contributed by atoms with van der Waals surface area (Å²) in [4.78, 5) is 0. The van der Waals surface area contributed by atoms with Gasteiger partial charge in [0.2, 0.25) is 0 Å². The van der Waals surface area contributed by atoms with E-state index in [1.165, 1.54) is 6.26 Å². The molecule has 18 heavy (non-hydrogen) atoms. The van der Waals surface area contributed by atoms with Gasteiger partial charge in [0.15, 0.2) is 9.84 Å². The fourth-order valence-corrected chi connectivity index (χ4v) is 1.62. The summed E-state index contributed by atoms with van der Waals surface area (Å²) in [5.41, 5.74) is 0.716. The minimum atomic E-state index is -3.10. The van der Waals surface area contributed by atoms with Gasteiger partial charge in [0.25, 0.3) is 0 Å². The first-order valence-corrected chi connectivity index (χ1v) is 7.55. The number of sulfone groups is 1. The van der Waals surface area contributed by atoms with Gasteiger partial charge in [-0.15, -0.1) is 5.10 Å². The van der Waals surface area contributed by atoms with E-state index in [0.29, 0.717) is 25.3 Å². The Balaban J connectivity index is 2.46.